The predicted molar refractivity (Wildman–Crippen MR) is 110 cm³/mol. The van der Waals surface area contributed by atoms with Gasteiger partial charge >= 0.3 is 0 Å². The van der Waals surface area contributed by atoms with E-state index in [1.807, 2.05) is 47.8 Å². The Kier molecular flexibility index (Phi) is 6.18. The first kappa shape index (κ1) is 18.6. The van der Waals surface area contributed by atoms with Crippen LogP contribution in [0, 0.1) is 0 Å². The maximum atomic E-state index is 12.2. The minimum Gasteiger partial charge on any atom is -0.496 e. The van der Waals surface area contributed by atoms with Crippen LogP contribution in [0.4, 0.5) is 0 Å². The number of rotatable bonds is 7. The van der Waals surface area contributed by atoms with E-state index in [0.717, 1.165) is 21.7 Å². The standard InChI is InChI=1S/C22H19NO3S/c1-25-20-4-3-5-21(26-2)19(20)13-12-18(24)11-8-16-6-9-17(10-7-16)22-23-14-15-27-22/h3-15H,1-2H3/b11-8+,13-12+. The summed E-state index contributed by atoms with van der Waals surface area (Å²) in [7, 11) is 3.17. The molecule has 0 fully saturated rings. The molecular weight excluding hydrogens is 358 g/mol. The fraction of sp³-hybridized carbons (Fsp3) is 0.0909. The third-order valence-electron chi connectivity index (χ3n) is 3.91. The second-order valence-corrected chi connectivity index (χ2v) is 6.50. The number of ether oxygens (including phenoxy) is 2. The van der Waals surface area contributed by atoms with Crippen LogP contribution in [0.1, 0.15) is 11.1 Å². The molecule has 0 spiro atoms. The summed E-state index contributed by atoms with van der Waals surface area (Å²) in [5, 5.41) is 2.93. The average Bonchev–Trinajstić information content (AvgIpc) is 3.25. The fourth-order valence-electron chi connectivity index (χ4n) is 2.55. The van der Waals surface area contributed by atoms with E-state index in [-0.39, 0.29) is 5.78 Å². The van der Waals surface area contributed by atoms with Crippen molar-refractivity contribution >= 4 is 29.3 Å². The number of benzene rings is 2. The first-order chi connectivity index (χ1) is 13.2. The Balaban J connectivity index is 1.70. The Morgan fingerprint density at radius 3 is 2.22 bits per heavy atom. The van der Waals surface area contributed by atoms with Gasteiger partial charge < -0.3 is 9.47 Å². The normalized spacial score (nSPS) is 11.2. The maximum absolute atomic E-state index is 12.2. The van der Waals surface area contributed by atoms with Crippen molar-refractivity contribution in [3.05, 3.63) is 77.3 Å². The average molecular weight is 377 g/mol. The summed E-state index contributed by atoms with van der Waals surface area (Å²) in [5.41, 5.74) is 2.75. The van der Waals surface area contributed by atoms with Crippen molar-refractivity contribution in [3.8, 4) is 22.1 Å². The number of aromatic nitrogens is 1. The van der Waals surface area contributed by atoms with Gasteiger partial charge in [0.25, 0.3) is 0 Å². The lowest BCUT2D eigenvalue weighted by molar-refractivity contribution is -0.110. The van der Waals surface area contributed by atoms with Crippen LogP contribution in [0.2, 0.25) is 0 Å². The highest BCUT2D eigenvalue weighted by atomic mass is 32.1. The molecule has 3 rings (SSSR count). The predicted octanol–water partition coefficient (Wildman–Crippen LogP) is 5.12. The first-order valence-electron chi connectivity index (χ1n) is 8.32. The lowest BCUT2D eigenvalue weighted by Crippen LogP contribution is -1.93. The lowest BCUT2D eigenvalue weighted by atomic mass is 10.1. The summed E-state index contributed by atoms with van der Waals surface area (Å²) in [6, 6.07) is 13.4. The highest BCUT2D eigenvalue weighted by Gasteiger charge is 2.06. The zero-order chi connectivity index (χ0) is 19.1. The molecule has 0 atom stereocenters. The summed E-state index contributed by atoms with van der Waals surface area (Å²) in [4.78, 5) is 16.5. The molecule has 1 aromatic heterocycles. The number of allylic oxidation sites excluding steroid dienone is 2. The van der Waals surface area contributed by atoms with Crippen molar-refractivity contribution in [2.75, 3.05) is 14.2 Å². The van der Waals surface area contributed by atoms with Gasteiger partial charge in [-0.1, -0.05) is 36.4 Å². The van der Waals surface area contributed by atoms with Gasteiger partial charge in [-0.3, -0.25) is 4.79 Å². The number of carbonyl (C=O) groups excluding carboxylic acids is 1. The SMILES string of the molecule is COc1cccc(OC)c1/C=C/C(=O)/C=C/c1ccc(-c2nccs2)cc1. The molecule has 3 aromatic rings. The molecule has 0 N–H and O–H groups in total. The van der Waals surface area contributed by atoms with E-state index in [9.17, 15) is 4.79 Å². The van der Waals surface area contributed by atoms with Gasteiger partial charge in [0.05, 0.1) is 19.8 Å². The zero-order valence-corrected chi connectivity index (χ0v) is 15.9. The molecule has 0 aliphatic heterocycles. The van der Waals surface area contributed by atoms with E-state index in [1.165, 1.54) is 12.2 Å². The highest BCUT2D eigenvalue weighted by molar-refractivity contribution is 7.13. The van der Waals surface area contributed by atoms with Crippen molar-refractivity contribution in [3.63, 3.8) is 0 Å². The molecule has 0 bridgehead atoms. The van der Waals surface area contributed by atoms with Gasteiger partial charge in [-0.05, 0) is 35.9 Å². The largest absolute Gasteiger partial charge is 0.496 e. The van der Waals surface area contributed by atoms with Gasteiger partial charge in [-0.15, -0.1) is 11.3 Å². The summed E-state index contributed by atoms with van der Waals surface area (Å²) in [6.45, 7) is 0. The van der Waals surface area contributed by atoms with Crippen molar-refractivity contribution in [2.45, 2.75) is 0 Å². The molecule has 5 heteroatoms. The van der Waals surface area contributed by atoms with Crippen molar-refractivity contribution in [1.29, 1.82) is 0 Å². The van der Waals surface area contributed by atoms with Crippen LogP contribution in [0.25, 0.3) is 22.7 Å². The Labute approximate surface area is 162 Å². The van der Waals surface area contributed by atoms with Crippen LogP contribution in [0.15, 0.2) is 66.2 Å². The van der Waals surface area contributed by atoms with E-state index in [0.29, 0.717) is 11.5 Å². The second kappa shape index (κ2) is 8.96. The highest BCUT2D eigenvalue weighted by Crippen LogP contribution is 2.29. The number of methoxy groups -OCH3 is 2. The van der Waals surface area contributed by atoms with Gasteiger partial charge in [0, 0.05) is 17.1 Å². The van der Waals surface area contributed by atoms with E-state index in [1.54, 1.807) is 43.9 Å². The molecule has 136 valence electrons. The molecule has 4 nitrogen and oxygen atoms in total. The summed E-state index contributed by atoms with van der Waals surface area (Å²) >= 11 is 1.60. The van der Waals surface area contributed by atoms with E-state index in [2.05, 4.69) is 4.98 Å². The lowest BCUT2D eigenvalue weighted by Gasteiger charge is -2.09. The molecule has 0 aliphatic carbocycles. The van der Waals surface area contributed by atoms with Gasteiger partial charge in [0.2, 0.25) is 0 Å². The van der Waals surface area contributed by atoms with Crippen LogP contribution < -0.4 is 9.47 Å². The Hall–Kier alpha value is -3.18. The summed E-state index contributed by atoms with van der Waals surface area (Å²) < 4.78 is 10.7. The maximum Gasteiger partial charge on any atom is 0.178 e. The number of ketones is 1. The van der Waals surface area contributed by atoms with Crippen molar-refractivity contribution in [1.82, 2.24) is 4.98 Å². The zero-order valence-electron chi connectivity index (χ0n) is 15.1. The Morgan fingerprint density at radius 1 is 0.963 bits per heavy atom. The smallest absolute Gasteiger partial charge is 0.178 e. The van der Waals surface area contributed by atoms with Gasteiger partial charge in [0.15, 0.2) is 5.78 Å². The molecule has 0 radical (unpaired) electrons. The number of hydrogen-bond donors (Lipinski definition) is 0. The molecule has 1 heterocycles. The van der Waals surface area contributed by atoms with E-state index < -0.39 is 0 Å². The van der Waals surface area contributed by atoms with Gasteiger partial charge in [0.1, 0.15) is 16.5 Å². The van der Waals surface area contributed by atoms with Crippen LogP contribution in [0.5, 0.6) is 11.5 Å². The number of thiazole rings is 1. The topological polar surface area (TPSA) is 48.4 Å². The van der Waals surface area contributed by atoms with Crippen LogP contribution >= 0.6 is 11.3 Å². The molecule has 0 saturated carbocycles. The minimum atomic E-state index is -0.119. The van der Waals surface area contributed by atoms with Crippen LogP contribution in [-0.2, 0) is 4.79 Å². The second-order valence-electron chi connectivity index (χ2n) is 5.60. The molecule has 0 amide bonds. The Morgan fingerprint density at radius 2 is 1.63 bits per heavy atom. The number of nitrogens with zero attached hydrogens (tertiary/aromatic N) is 1. The third-order valence-corrected chi connectivity index (χ3v) is 4.73. The third kappa shape index (κ3) is 4.71. The van der Waals surface area contributed by atoms with E-state index in [4.69, 9.17) is 9.47 Å². The number of carbonyl (C=O) groups is 1. The molecule has 0 aliphatic rings. The first-order valence-corrected chi connectivity index (χ1v) is 9.20. The molecule has 2 aromatic carbocycles. The minimum absolute atomic E-state index is 0.119. The summed E-state index contributed by atoms with van der Waals surface area (Å²) in [6.07, 6.45) is 8.32. The van der Waals surface area contributed by atoms with Crippen molar-refractivity contribution < 1.29 is 14.3 Å². The molecule has 0 saturated heterocycles. The van der Waals surface area contributed by atoms with Gasteiger partial charge in [-0.2, -0.15) is 0 Å². The fourth-order valence-corrected chi connectivity index (χ4v) is 3.19. The van der Waals surface area contributed by atoms with Gasteiger partial charge in [-0.25, -0.2) is 4.98 Å². The quantitative estimate of drug-likeness (QED) is 0.536. The van der Waals surface area contributed by atoms with E-state index >= 15 is 0 Å². The van der Waals surface area contributed by atoms with Crippen LogP contribution in [-0.4, -0.2) is 25.0 Å². The Bertz CT molecular complexity index is 935. The molecule has 0 unspecified atom stereocenters. The van der Waals surface area contributed by atoms with Crippen LogP contribution in [0.3, 0.4) is 0 Å². The van der Waals surface area contributed by atoms with Crippen molar-refractivity contribution in [2.24, 2.45) is 0 Å². The monoisotopic (exact) mass is 377 g/mol. The number of hydrogen-bond acceptors (Lipinski definition) is 5. The molecular formula is C22H19NO3S. The molecule has 27 heavy (non-hydrogen) atoms. The summed E-state index contributed by atoms with van der Waals surface area (Å²) in [5.74, 6) is 1.19.